The van der Waals surface area contributed by atoms with Crippen LogP contribution in [0.4, 0.5) is 0 Å². The summed E-state index contributed by atoms with van der Waals surface area (Å²) in [5, 5.41) is 11.1. The molecule has 0 aromatic carbocycles. The largest absolute Gasteiger partial charge is 0.291 e. The number of rotatable bonds is 17. The minimum Gasteiger partial charge on any atom is -0.291 e. The fraction of sp³-hybridized carbons (Fsp3) is 0.591. The summed E-state index contributed by atoms with van der Waals surface area (Å²) in [7, 11) is 0. The molecule has 0 aromatic heterocycles. The number of allylic oxidation sites excluding steroid dienone is 6. The molecule has 0 fully saturated rings. The third kappa shape index (κ3) is 16.9. The summed E-state index contributed by atoms with van der Waals surface area (Å²) in [5.41, 5.74) is 0. The second-order valence-corrected chi connectivity index (χ2v) is 6.29. The minimum atomic E-state index is -0.759. The van der Waals surface area contributed by atoms with E-state index in [0.29, 0.717) is 12.8 Å². The van der Waals surface area contributed by atoms with Gasteiger partial charge in [0.1, 0.15) is 0 Å². The maximum atomic E-state index is 11.1. The molecular formula is C22H34NO3. The highest BCUT2D eigenvalue weighted by molar-refractivity contribution is 5.50. The molecule has 0 heterocycles. The van der Waals surface area contributed by atoms with Crippen molar-refractivity contribution in [1.82, 2.24) is 0 Å². The van der Waals surface area contributed by atoms with Crippen molar-refractivity contribution in [3.8, 4) is 0 Å². The van der Waals surface area contributed by atoms with Gasteiger partial charge in [-0.3, -0.25) is 14.9 Å². The molecule has 1 atom stereocenters. The number of nitrogens with zero attached hydrogens (tertiary/aromatic N) is 1. The molecule has 0 aliphatic carbocycles. The Morgan fingerprint density at radius 2 is 1.46 bits per heavy atom. The number of hydrogen-bond acceptors (Lipinski definition) is 3. The number of hydrogen-bond donors (Lipinski definition) is 0. The van der Waals surface area contributed by atoms with Crippen molar-refractivity contribution in [2.75, 3.05) is 0 Å². The lowest BCUT2D eigenvalue weighted by atomic mass is 10.1. The molecule has 1 unspecified atom stereocenters. The quantitative estimate of drug-likeness (QED) is 0.133. The Balaban J connectivity index is 3.94. The van der Waals surface area contributed by atoms with E-state index >= 15 is 0 Å². The minimum absolute atomic E-state index is 0.281. The fourth-order valence-electron chi connectivity index (χ4n) is 2.37. The topological polar surface area (TPSA) is 60.2 Å². The molecule has 0 rings (SSSR count). The molecule has 0 aliphatic rings. The van der Waals surface area contributed by atoms with Gasteiger partial charge in [0.25, 0.3) is 0 Å². The van der Waals surface area contributed by atoms with Crippen molar-refractivity contribution in [1.29, 1.82) is 0 Å². The summed E-state index contributed by atoms with van der Waals surface area (Å²) >= 11 is 0. The van der Waals surface area contributed by atoms with Crippen LogP contribution in [0.3, 0.4) is 0 Å². The van der Waals surface area contributed by atoms with Crippen LogP contribution in [0.5, 0.6) is 0 Å². The highest BCUT2D eigenvalue weighted by atomic mass is 16.6. The van der Waals surface area contributed by atoms with Crippen LogP contribution >= 0.6 is 0 Å². The van der Waals surface area contributed by atoms with Crippen LogP contribution in [0.2, 0.25) is 0 Å². The highest BCUT2D eigenvalue weighted by Gasteiger charge is 2.09. The van der Waals surface area contributed by atoms with Crippen LogP contribution in [-0.2, 0) is 4.79 Å². The van der Waals surface area contributed by atoms with E-state index < -0.39 is 6.04 Å². The van der Waals surface area contributed by atoms with Gasteiger partial charge in [-0.05, 0) is 57.1 Å². The van der Waals surface area contributed by atoms with Crippen molar-refractivity contribution in [3.63, 3.8) is 0 Å². The monoisotopic (exact) mass is 360 g/mol. The lowest BCUT2D eigenvalue weighted by Crippen LogP contribution is -2.13. The summed E-state index contributed by atoms with van der Waals surface area (Å²) < 4.78 is 0. The molecule has 1 radical (unpaired) electrons. The standard InChI is InChI=1S/C22H34NO3/c1-2-3-4-5-6-7-8-9-10-13-16-19-22(23(25)26)20-17-14-11-12-15-18-21-24/h6-7,9-10,16-17,19-20,22H,2-5,8,11-15,18H2,1H3/b7-6+,10-9+,19-16+,20-17+. The third-order valence-corrected chi connectivity index (χ3v) is 3.91. The first-order chi connectivity index (χ1) is 12.7. The molecule has 0 saturated heterocycles. The summed E-state index contributed by atoms with van der Waals surface area (Å²) in [6.45, 7) is 2.20. The normalized spacial score (nSPS) is 13.4. The molecule has 0 aliphatic heterocycles. The number of unbranched alkanes of at least 4 members (excludes halogenated alkanes) is 7. The predicted octanol–water partition coefficient (Wildman–Crippen LogP) is 6.28. The first-order valence-electron chi connectivity index (χ1n) is 9.84. The Bertz CT molecular complexity index is 464. The molecule has 0 bridgehead atoms. The Labute approximate surface area is 158 Å². The summed E-state index contributed by atoms with van der Waals surface area (Å²) in [6.07, 6.45) is 28.0. The van der Waals surface area contributed by atoms with E-state index in [-0.39, 0.29) is 4.92 Å². The smallest absolute Gasteiger partial charge is 0.249 e. The van der Waals surface area contributed by atoms with E-state index in [0.717, 1.165) is 38.5 Å². The Morgan fingerprint density at radius 3 is 2.15 bits per heavy atom. The molecule has 145 valence electrons. The molecule has 4 heteroatoms. The van der Waals surface area contributed by atoms with Gasteiger partial charge in [-0.1, -0.05) is 62.6 Å². The van der Waals surface area contributed by atoms with E-state index in [9.17, 15) is 14.9 Å². The zero-order valence-corrected chi connectivity index (χ0v) is 16.1. The molecule has 0 amide bonds. The molecule has 26 heavy (non-hydrogen) atoms. The molecule has 0 aromatic rings. The lowest BCUT2D eigenvalue weighted by Gasteiger charge is -1.98. The fourth-order valence-corrected chi connectivity index (χ4v) is 2.37. The molecule has 0 saturated carbocycles. The van der Waals surface area contributed by atoms with E-state index in [4.69, 9.17) is 0 Å². The SMILES string of the molecule is CCCCC/C=C/C/C=C/C/C=C/C(/C=C/CCCCC[C]=O)[N+](=O)[O-]. The first-order valence-corrected chi connectivity index (χ1v) is 9.84. The van der Waals surface area contributed by atoms with Crippen molar-refractivity contribution in [2.24, 2.45) is 0 Å². The number of carbonyl (C=O) groups excluding carboxylic acids is 1. The zero-order valence-electron chi connectivity index (χ0n) is 16.1. The third-order valence-electron chi connectivity index (χ3n) is 3.91. The van der Waals surface area contributed by atoms with E-state index in [1.54, 1.807) is 12.2 Å². The molecular weight excluding hydrogens is 326 g/mol. The summed E-state index contributed by atoms with van der Waals surface area (Å²) in [5.74, 6) is 0. The van der Waals surface area contributed by atoms with Gasteiger partial charge in [0, 0.05) is 11.3 Å². The lowest BCUT2D eigenvalue weighted by molar-refractivity contribution is -0.496. The van der Waals surface area contributed by atoms with Crippen LogP contribution in [0.1, 0.15) is 77.6 Å². The summed E-state index contributed by atoms with van der Waals surface area (Å²) in [4.78, 5) is 20.8. The van der Waals surface area contributed by atoms with Crippen LogP contribution < -0.4 is 0 Å². The van der Waals surface area contributed by atoms with Crippen molar-refractivity contribution < 1.29 is 9.72 Å². The van der Waals surface area contributed by atoms with Crippen molar-refractivity contribution >= 4 is 6.29 Å². The maximum absolute atomic E-state index is 11.1. The first kappa shape index (κ1) is 24.0. The van der Waals surface area contributed by atoms with Gasteiger partial charge in [-0.2, -0.15) is 0 Å². The highest BCUT2D eigenvalue weighted by Crippen LogP contribution is 2.05. The van der Waals surface area contributed by atoms with Gasteiger partial charge in [-0.25, -0.2) is 0 Å². The molecule has 0 N–H and O–H groups in total. The van der Waals surface area contributed by atoms with Gasteiger partial charge in [0.2, 0.25) is 6.04 Å². The molecule has 0 spiro atoms. The van der Waals surface area contributed by atoms with Gasteiger partial charge >= 0.3 is 0 Å². The maximum Gasteiger partial charge on any atom is 0.249 e. The van der Waals surface area contributed by atoms with Gasteiger partial charge in [0.05, 0.1) is 0 Å². The average Bonchev–Trinajstić information content (AvgIpc) is 2.63. The van der Waals surface area contributed by atoms with Crippen LogP contribution in [0.15, 0.2) is 48.6 Å². The summed E-state index contributed by atoms with van der Waals surface area (Å²) in [6, 6.07) is -0.759. The zero-order chi connectivity index (χ0) is 19.3. The second kappa shape index (κ2) is 19.4. The second-order valence-electron chi connectivity index (χ2n) is 6.29. The van der Waals surface area contributed by atoms with E-state index in [1.165, 1.54) is 19.3 Å². The predicted molar refractivity (Wildman–Crippen MR) is 109 cm³/mol. The van der Waals surface area contributed by atoms with E-state index in [2.05, 4.69) is 25.2 Å². The van der Waals surface area contributed by atoms with Crippen molar-refractivity contribution in [3.05, 3.63) is 58.7 Å². The van der Waals surface area contributed by atoms with Crippen LogP contribution in [0.25, 0.3) is 0 Å². The molecule has 4 nitrogen and oxygen atoms in total. The van der Waals surface area contributed by atoms with Gasteiger partial charge < -0.3 is 0 Å². The Kier molecular flexibility index (Phi) is 17.9. The van der Waals surface area contributed by atoms with Crippen LogP contribution in [-0.4, -0.2) is 17.3 Å². The van der Waals surface area contributed by atoms with Crippen LogP contribution in [0, 0.1) is 10.1 Å². The van der Waals surface area contributed by atoms with Gasteiger partial charge in [-0.15, -0.1) is 0 Å². The average molecular weight is 361 g/mol. The van der Waals surface area contributed by atoms with E-state index in [1.807, 2.05) is 24.5 Å². The number of nitro groups is 1. The van der Waals surface area contributed by atoms with Crippen molar-refractivity contribution in [2.45, 2.75) is 83.6 Å². The van der Waals surface area contributed by atoms with Gasteiger partial charge in [0.15, 0.2) is 6.29 Å². The Hall–Kier alpha value is -1.97. The Morgan fingerprint density at radius 1 is 0.846 bits per heavy atom.